The van der Waals surface area contributed by atoms with Crippen molar-refractivity contribution < 1.29 is 4.79 Å². The Labute approximate surface area is 65.8 Å². The molecule has 0 aromatic carbocycles. The van der Waals surface area contributed by atoms with Crippen LogP contribution in [0, 0.1) is 0 Å². The van der Waals surface area contributed by atoms with Crippen molar-refractivity contribution in [2.45, 2.75) is 24.5 Å². The Balaban J connectivity index is 1.98. The molecule has 0 radical (unpaired) electrons. The predicted molar refractivity (Wildman–Crippen MR) is 44.2 cm³/mol. The number of nitrogens with one attached hydrogen (secondary N) is 1. The molecule has 0 aliphatic heterocycles. The summed E-state index contributed by atoms with van der Waals surface area (Å²) in [7, 11) is 1.68. The van der Waals surface area contributed by atoms with E-state index in [-0.39, 0.29) is 5.91 Å². The van der Waals surface area contributed by atoms with E-state index in [0.29, 0.717) is 5.75 Å². The van der Waals surface area contributed by atoms with Gasteiger partial charge in [-0.05, 0) is 12.8 Å². The van der Waals surface area contributed by atoms with Gasteiger partial charge in [-0.1, -0.05) is 6.42 Å². The molecule has 58 valence electrons. The lowest BCUT2D eigenvalue weighted by molar-refractivity contribution is -0.118. The van der Waals surface area contributed by atoms with Gasteiger partial charge in [0.25, 0.3) is 0 Å². The van der Waals surface area contributed by atoms with Gasteiger partial charge in [-0.25, -0.2) is 0 Å². The minimum atomic E-state index is 0.150. The number of hydrogen-bond donors (Lipinski definition) is 1. The average molecular weight is 159 g/mol. The van der Waals surface area contributed by atoms with Crippen LogP contribution in [0.5, 0.6) is 0 Å². The Bertz CT molecular complexity index is 123. The topological polar surface area (TPSA) is 29.1 Å². The van der Waals surface area contributed by atoms with Crippen molar-refractivity contribution in [3.63, 3.8) is 0 Å². The summed E-state index contributed by atoms with van der Waals surface area (Å²) in [5.41, 5.74) is 0. The molecule has 1 saturated carbocycles. The molecule has 2 nitrogen and oxygen atoms in total. The normalized spacial score (nSPS) is 18.1. The number of rotatable bonds is 3. The zero-order valence-corrected chi connectivity index (χ0v) is 7.04. The van der Waals surface area contributed by atoms with Gasteiger partial charge in [-0.15, -0.1) is 11.8 Å². The van der Waals surface area contributed by atoms with Gasteiger partial charge in [0.05, 0.1) is 5.75 Å². The molecule has 1 fully saturated rings. The third kappa shape index (κ3) is 2.21. The van der Waals surface area contributed by atoms with Crippen LogP contribution in [0.15, 0.2) is 0 Å². The Morgan fingerprint density at radius 2 is 2.40 bits per heavy atom. The van der Waals surface area contributed by atoms with E-state index >= 15 is 0 Å². The van der Waals surface area contributed by atoms with Crippen molar-refractivity contribution in [3.05, 3.63) is 0 Å². The van der Waals surface area contributed by atoms with Crippen LogP contribution in [0.1, 0.15) is 19.3 Å². The van der Waals surface area contributed by atoms with E-state index < -0.39 is 0 Å². The van der Waals surface area contributed by atoms with Gasteiger partial charge in [0, 0.05) is 12.3 Å². The largest absolute Gasteiger partial charge is 0.358 e. The van der Waals surface area contributed by atoms with Gasteiger partial charge >= 0.3 is 0 Å². The van der Waals surface area contributed by atoms with Gasteiger partial charge < -0.3 is 5.32 Å². The zero-order valence-electron chi connectivity index (χ0n) is 6.22. The van der Waals surface area contributed by atoms with E-state index in [4.69, 9.17) is 0 Å². The predicted octanol–water partition coefficient (Wildman–Crippen LogP) is 1.02. The molecule has 0 aromatic rings. The molecule has 0 atom stereocenters. The molecular formula is C7H13NOS. The molecule has 1 aliphatic rings. The van der Waals surface area contributed by atoms with Crippen LogP contribution < -0.4 is 5.32 Å². The molecule has 0 unspecified atom stereocenters. The second-order valence-corrected chi connectivity index (χ2v) is 3.83. The SMILES string of the molecule is CNC(=O)CSC1CCC1. The molecular weight excluding hydrogens is 146 g/mol. The van der Waals surface area contributed by atoms with Crippen LogP contribution in [0.25, 0.3) is 0 Å². The fourth-order valence-electron chi connectivity index (χ4n) is 0.803. The van der Waals surface area contributed by atoms with Crippen molar-refractivity contribution in [2.75, 3.05) is 12.8 Å². The summed E-state index contributed by atoms with van der Waals surface area (Å²) >= 11 is 1.78. The van der Waals surface area contributed by atoms with E-state index in [9.17, 15) is 4.79 Å². The van der Waals surface area contributed by atoms with Crippen LogP contribution in [-0.2, 0) is 4.79 Å². The van der Waals surface area contributed by atoms with E-state index in [1.807, 2.05) is 0 Å². The number of hydrogen-bond acceptors (Lipinski definition) is 2. The number of thioether (sulfide) groups is 1. The lowest BCUT2D eigenvalue weighted by Gasteiger charge is -2.23. The first-order chi connectivity index (χ1) is 4.83. The lowest BCUT2D eigenvalue weighted by Crippen LogP contribution is -2.23. The Morgan fingerprint density at radius 3 is 2.80 bits per heavy atom. The maximum Gasteiger partial charge on any atom is 0.229 e. The Morgan fingerprint density at radius 1 is 1.70 bits per heavy atom. The third-order valence-corrected chi connectivity index (χ3v) is 3.15. The summed E-state index contributed by atoms with van der Waals surface area (Å²) in [6.45, 7) is 0. The molecule has 0 aromatic heterocycles. The summed E-state index contributed by atoms with van der Waals surface area (Å²) in [5.74, 6) is 0.790. The zero-order chi connectivity index (χ0) is 7.40. The molecule has 1 rings (SSSR count). The monoisotopic (exact) mass is 159 g/mol. The van der Waals surface area contributed by atoms with Crippen LogP contribution in [0.2, 0.25) is 0 Å². The summed E-state index contributed by atoms with van der Waals surface area (Å²) in [4.78, 5) is 10.7. The number of carbonyl (C=O) groups is 1. The highest BCUT2D eigenvalue weighted by Crippen LogP contribution is 2.30. The van der Waals surface area contributed by atoms with Crippen LogP contribution in [0.4, 0.5) is 0 Å². The van der Waals surface area contributed by atoms with Crippen molar-refractivity contribution >= 4 is 17.7 Å². The Hall–Kier alpha value is -0.180. The number of carbonyl (C=O) groups excluding carboxylic acids is 1. The molecule has 3 heteroatoms. The molecule has 1 amide bonds. The second-order valence-electron chi connectivity index (χ2n) is 2.54. The first kappa shape index (κ1) is 7.92. The standard InChI is InChI=1S/C7H13NOS/c1-8-7(9)5-10-6-3-2-4-6/h6H,2-5H2,1H3,(H,8,9). The van der Waals surface area contributed by atoms with E-state index in [1.165, 1.54) is 19.3 Å². The van der Waals surface area contributed by atoms with Gasteiger partial charge in [-0.2, -0.15) is 0 Å². The second kappa shape index (κ2) is 3.86. The van der Waals surface area contributed by atoms with Crippen LogP contribution in [0.3, 0.4) is 0 Å². The highest BCUT2D eigenvalue weighted by atomic mass is 32.2. The molecule has 0 bridgehead atoms. The quantitative estimate of drug-likeness (QED) is 0.666. The molecule has 0 heterocycles. The fraction of sp³-hybridized carbons (Fsp3) is 0.857. The van der Waals surface area contributed by atoms with Gasteiger partial charge in [0.2, 0.25) is 5.91 Å². The smallest absolute Gasteiger partial charge is 0.229 e. The summed E-state index contributed by atoms with van der Waals surface area (Å²) < 4.78 is 0. The Kier molecular flexibility index (Phi) is 3.06. The minimum Gasteiger partial charge on any atom is -0.358 e. The number of amides is 1. The average Bonchev–Trinajstić information content (AvgIpc) is 1.84. The van der Waals surface area contributed by atoms with E-state index in [2.05, 4.69) is 5.32 Å². The molecule has 0 spiro atoms. The first-order valence-corrected chi connectivity index (χ1v) is 4.70. The third-order valence-electron chi connectivity index (χ3n) is 1.78. The van der Waals surface area contributed by atoms with Crippen LogP contribution >= 0.6 is 11.8 Å². The minimum absolute atomic E-state index is 0.150. The first-order valence-electron chi connectivity index (χ1n) is 3.65. The molecule has 10 heavy (non-hydrogen) atoms. The van der Waals surface area contributed by atoms with Crippen LogP contribution in [-0.4, -0.2) is 24.0 Å². The molecule has 1 aliphatic carbocycles. The maximum atomic E-state index is 10.7. The fourth-order valence-corrected chi connectivity index (χ4v) is 2.00. The summed E-state index contributed by atoms with van der Waals surface area (Å²) in [5, 5.41) is 3.38. The van der Waals surface area contributed by atoms with Gasteiger partial charge in [0.1, 0.15) is 0 Å². The summed E-state index contributed by atoms with van der Waals surface area (Å²) in [6.07, 6.45) is 3.97. The van der Waals surface area contributed by atoms with Crippen molar-refractivity contribution in [1.29, 1.82) is 0 Å². The summed E-state index contributed by atoms with van der Waals surface area (Å²) in [6, 6.07) is 0. The van der Waals surface area contributed by atoms with Crippen molar-refractivity contribution in [2.24, 2.45) is 0 Å². The van der Waals surface area contributed by atoms with Gasteiger partial charge in [-0.3, -0.25) is 4.79 Å². The lowest BCUT2D eigenvalue weighted by atomic mass is 10.0. The van der Waals surface area contributed by atoms with Crippen molar-refractivity contribution in [3.8, 4) is 0 Å². The van der Waals surface area contributed by atoms with E-state index in [1.54, 1.807) is 18.8 Å². The maximum absolute atomic E-state index is 10.7. The molecule has 1 N–H and O–H groups in total. The highest BCUT2D eigenvalue weighted by molar-refractivity contribution is 8.00. The van der Waals surface area contributed by atoms with E-state index in [0.717, 1.165) is 5.25 Å². The van der Waals surface area contributed by atoms with Gasteiger partial charge in [0.15, 0.2) is 0 Å². The highest BCUT2D eigenvalue weighted by Gasteiger charge is 2.18. The van der Waals surface area contributed by atoms with Crippen molar-refractivity contribution in [1.82, 2.24) is 5.32 Å². The molecule has 0 saturated heterocycles.